The molecule has 0 bridgehead atoms. The van der Waals surface area contributed by atoms with Crippen molar-refractivity contribution in [1.82, 2.24) is 0 Å². The molecule has 3 aromatic carbocycles. The molecule has 1 aliphatic heterocycles. The zero-order valence-electron chi connectivity index (χ0n) is 21.0. The average Bonchev–Trinajstić information content (AvgIpc) is 3.19. The fraction of sp³-hybridized carbons (Fsp3) is 0.310. The standard InChI is InChI=1S/C29H28Br2O6/c1-5-14-12-20(16(7-3)23(30)25(14)32)29(21-13-15(6-2)26(33)24(31)17(21)8-4)22-18(27(34)35)10-9-11-19(22)28(36)37-29/h9-13,32-33H,5-8H2,1-4H3,(H,34,35). The first-order valence-corrected chi connectivity index (χ1v) is 13.8. The van der Waals surface area contributed by atoms with Crippen molar-refractivity contribution < 1.29 is 29.6 Å². The SMILES string of the molecule is CCc1cc(C2(c3cc(CC)c(O)c(Br)c3CC)OC(=O)c3cccc(C(=O)O)c32)c(CC)c(Br)c1O. The van der Waals surface area contributed by atoms with Crippen LogP contribution in [0.5, 0.6) is 11.5 Å². The molecule has 6 nitrogen and oxygen atoms in total. The molecule has 0 spiro atoms. The minimum absolute atomic E-state index is 0.0445. The van der Waals surface area contributed by atoms with Gasteiger partial charge in [-0.3, -0.25) is 0 Å². The van der Waals surface area contributed by atoms with Crippen molar-refractivity contribution in [2.45, 2.75) is 59.0 Å². The second-order valence-corrected chi connectivity index (χ2v) is 10.6. The van der Waals surface area contributed by atoms with Crippen molar-refractivity contribution in [3.8, 4) is 11.5 Å². The number of hydrogen-bond acceptors (Lipinski definition) is 5. The number of fused-ring (bicyclic) bond motifs is 1. The van der Waals surface area contributed by atoms with Crippen LogP contribution in [0.25, 0.3) is 0 Å². The van der Waals surface area contributed by atoms with Gasteiger partial charge in [0.2, 0.25) is 0 Å². The van der Waals surface area contributed by atoms with Gasteiger partial charge < -0.3 is 20.1 Å². The number of esters is 1. The highest BCUT2D eigenvalue weighted by atomic mass is 79.9. The van der Waals surface area contributed by atoms with Crippen molar-refractivity contribution in [2.75, 3.05) is 0 Å². The first-order chi connectivity index (χ1) is 17.6. The minimum atomic E-state index is -1.63. The van der Waals surface area contributed by atoms with Crippen LogP contribution in [0.4, 0.5) is 0 Å². The average molecular weight is 632 g/mol. The van der Waals surface area contributed by atoms with Crippen LogP contribution in [0.2, 0.25) is 0 Å². The van der Waals surface area contributed by atoms with Crippen LogP contribution >= 0.6 is 31.9 Å². The highest BCUT2D eigenvalue weighted by Gasteiger charge is 2.53. The van der Waals surface area contributed by atoms with E-state index >= 15 is 0 Å². The molecule has 0 aromatic heterocycles. The quantitative estimate of drug-likeness (QED) is 0.242. The van der Waals surface area contributed by atoms with Gasteiger partial charge in [-0.25, -0.2) is 9.59 Å². The molecule has 0 radical (unpaired) electrons. The number of phenols is 2. The maximum Gasteiger partial charge on any atom is 0.340 e. The first kappa shape index (κ1) is 27.2. The Kier molecular flexibility index (Phi) is 7.45. The van der Waals surface area contributed by atoms with E-state index in [4.69, 9.17) is 4.74 Å². The van der Waals surface area contributed by atoms with Gasteiger partial charge in [0.15, 0.2) is 5.60 Å². The van der Waals surface area contributed by atoms with E-state index in [-0.39, 0.29) is 28.2 Å². The number of aromatic carboxylic acids is 1. The first-order valence-electron chi connectivity index (χ1n) is 12.3. The summed E-state index contributed by atoms with van der Waals surface area (Å²) in [5, 5.41) is 32.0. The van der Waals surface area contributed by atoms with Crippen LogP contribution in [-0.4, -0.2) is 27.3 Å². The van der Waals surface area contributed by atoms with Gasteiger partial charge in [0.05, 0.1) is 20.1 Å². The number of carboxylic acids is 1. The maximum absolute atomic E-state index is 13.5. The van der Waals surface area contributed by atoms with Gasteiger partial charge in [0.25, 0.3) is 0 Å². The molecule has 0 aliphatic carbocycles. The van der Waals surface area contributed by atoms with Crippen molar-refractivity contribution >= 4 is 43.8 Å². The van der Waals surface area contributed by atoms with Crippen LogP contribution < -0.4 is 0 Å². The summed E-state index contributed by atoms with van der Waals surface area (Å²) in [6.45, 7) is 7.66. The number of halogens is 2. The van der Waals surface area contributed by atoms with E-state index < -0.39 is 17.5 Å². The number of hydrogen-bond donors (Lipinski definition) is 3. The van der Waals surface area contributed by atoms with Gasteiger partial charge in [-0.15, -0.1) is 0 Å². The Morgan fingerprint density at radius 1 is 0.865 bits per heavy atom. The van der Waals surface area contributed by atoms with E-state index in [0.717, 1.165) is 0 Å². The van der Waals surface area contributed by atoms with E-state index in [2.05, 4.69) is 31.9 Å². The summed E-state index contributed by atoms with van der Waals surface area (Å²) in [6, 6.07) is 8.21. The third-order valence-electron chi connectivity index (χ3n) is 7.18. The largest absolute Gasteiger partial charge is 0.506 e. The molecular weight excluding hydrogens is 604 g/mol. The lowest BCUT2D eigenvalue weighted by Crippen LogP contribution is -2.34. The van der Waals surface area contributed by atoms with Gasteiger partial charge in [-0.1, -0.05) is 33.8 Å². The molecule has 4 rings (SSSR count). The van der Waals surface area contributed by atoms with Gasteiger partial charge >= 0.3 is 11.9 Å². The second kappa shape index (κ2) is 10.1. The number of ether oxygens (including phenoxy) is 1. The van der Waals surface area contributed by atoms with Crippen LogP contribution in [-0.2, 0) is 36.0 Å². The van der Waals surface area contributed by atoms with E-state index in [0.29, 0.717) is 68.0 Å². The molecule has 1 aliphatic rings. The summed E-state index contributed by atoms with van der Waals surface area (Å²) in [6.07, 6.45) is 1.94. The summed E-state index contributed by atoms with van der Waals surface area (Å²) in [4.78, 5) is 26.0. The number of cyclic esters (lactones) is 1. The van der Waals surface area contributed by atoms with E-state index in [1.54, 1.807) is 6.07 Å². The lowest BCUT2D eigenvalue weighted by Gasteiger charge is -2.36. The Bertz CT molecular complexity index is 1380. The molecule has 37 heavy (non-hydrogen) atoms. The number of aromatic hydroxyl groups is 2. The minimum Gasteiger partial charge on any atom is -0.506 e. The Morgan fingerprint density at radius 3 is 1.76 bits per heavy atom. The van der Waals surface area contributed by atoms with Crippen molar-refractivity contribution in [3.05, 3.63) is 89.3 Å². The number of aryl methyl sites for hydroxylation is 2. The second-order valence-electron chi connectivity index (χ2n) is 8.97. The highest BCUT2D eigenvalue weighted by Crippen LogP contribution is 2.54. The number of carbonyl (C=O) groups is 2. The Labute approximate surface area is 232 Å². The molecule has 3 aromatic rings. The van der Waals surface area contributed by atoms with Gasteiger partial charge in [0, 0.05) is 16.7 Å². The van der Waals surface area contributed by atoms with Crippen LogP contribution in [0.3, 0.4) is 0 Å². The summed E-state index contributed by atoms with van der Waals surface area (Å²) >= 11 is 7.13. The molecule has 0 amide bonds. The number of carboxylic acid groups (broad SMARTS) is 1. The molecule has 8 heteroatoms. The fourth-order valence-electron chi connectivity index (χ4n) is 5.37. The van der Waals surface area contributed by atoms with Crippen LogP contribution in [0, 0.1) is 0 Å². The van der Waals surface area contributed by atoms with Crippen molar-refractivity contribution in [3.63, 3.8) is 0 Å². The van der Waals surface area contributed by atoms with E-state index in [1.807, 2.05) is 39.8 Å². The number of benzene rings is 3. The molecule has 0 unspecified atom stereocenters. The number of phenolic OH excluding ortho intramolecular Hbond substituents is 2. The lowest BCUT2D eigenvalue weighted by atomic mass is 9.73. The molecule has 1 heterocycles. The molecule has 3 N–H and O–H groups in total. The van der Waals surface area contributed by atoms with E-state index in [9.17, 15) is 24.9 Å². The van der Waals surface area contributed by atoms with Gasteiger partial charge in [-0.2, -0.15) is 0 Å². The normalized spacial score (nSPS) is 13.9. The molecule has 0 saturated carbocycles. The van der Waals surface area contributed by atoms with Crippen molar-refractivity contribution in [1.29, 1.82) is 0 Å². The lowest BCUT2D eigenvalue weighted by molar-refractivity contribution is 0.0240. The molecule has 0 fully saturated rings. The summed E-state index contributed by atoms with van der Waals surface area (Å²) < 4.78 is 7.31. The Hall–Kier alpha value is -2.84. The monoisotopic (exact) mass is 630 g/mol. The Balaban J connectivity index is 2.33. The predicted molar refractivity (Wildman–Crippen MR) is 148 cm³/mol. The molecule has 0 atom stereocenters. The topological polar surface area (TPSA) is 104 Å². The Morgan fingerprint density at radius 2 is 1.35 bits per heavy atom. The molecular formula is C29H28Br2O6. The number of carbonyl (C=O) groups excluding carboxylic acids is 1. The maximum atomic E-state index is 13.5. The van der Waals surface area contributed by atoms with Gasteiger partial charge in [0.1, 0.15) is 11.5 Å². The fourth-order valence-corrected chi connectivity index (χ4v) is 6.87. The van der Waals surface area contributed by atoms with E-state index in [1.165, 1.54) is 12.1 Å². The summed E-state index contributed by atoms with van der Waals surface area (Å²) in [5.74, 6) is -1.61. The zero-order chi connectivity index (χ0) is 27.2. The van der Waals surface area contributed by atoms with Gasteiger partial charge in [-0.05, 0) is 104 Å². The highest BCUT2D eigenvalue weighted by molar-refractivity contribution is 9.11. The smallest absolute Gasteiger partial charge is 0.340 e. The van der Waals surface area contributed by atoms with Crippen LogP contribution in [0.1, 0.15) is 87.4 Å². The molecule has 194 valence electrons. The van der Waals surface area contributed by atoms with Crippen molar-refractivity contribution in [2.24, 2.45) is 0 Å². The van der Waals surface area contributed by atoms with Crippen LogP contribution in [0.15, 0.2) is 39.3 Å². The third-order valence-corrected chi connectivity index (χ3v) is 8.89. The summed E-state index contributed by atoms with van der Waals surface area (Å²) in [5.41, 5.74) is 2.54. The molecule has 0 saturated heterocycles. The predicted octanol–water partition coefficient (Wildman–Crippen LogP) is 7.03. The third kappa shape index (κ3) is 3.96. The number of rotatable bonds is 7. The zero-order valence-corrected chi connectivity index (χ0v) is 24.2. The summed E-state index contributed by atoms with van der Waals surface area (Å²) in [7, 11) is 0.